The first-order valence-corrected chi connectivity index (χ1v) is 11.0. The summed E-state index contributed by atoms with van der Waals surface area (Å²) >= 11 is 0. The number of fused-ring (bicyclic) bond motifs is 7. The zero-order valence-corrected chi connectivity index (χ0v) is 17.9. The van der Waals surface area contributed by atoms with Gasteiger partial charge in [0.1, 0.15) is 5.54 Å². The predicted molar refractivity (Wildman–Crippen MR) is 117 cm³/mol. The minimum absolute atomic E-state index is 0.0878. The van der Waals surface area contributed by atoms with E-state index >= 15 is 0 Å². The Morgan fingerprint density at radius 1 is 0.968 bits per heavy atom. The van der Waals surface area contributed by atoms with E-state index in [9.17, 15) is 14.4 Å². The van der Waals surface area contributed by atoms with Crippen LogP contribution in [0.2, 0.25) is 0 Å². The number of hydrogen-bond acceptors (Lipinski definition) is 4. The molecular weight excluding hydrogens is 390 g/mol. The Hall–Kier alpha value is -2.99. The van der Waals surface area contributed by atoms with Crippen molar-refractivity contribution in [3.05, 3.63) is 58.7 Å². The van der Waals surface area contributed by atoms with Crippen LogP contribution in [0, 0.1) is 32.6 Å². The van der Waals surface area contributed by atoms with Gasteiger partial charge in [-0.1, -0.05) is 23.8 Å². The highest BCUT2D eigenvalue weighted by molar-refractivity contribution is 6.25. The number of hydrogen-bond donors (Lipinski definition) is 1. The van der Waals surface area contributed by atoms with Gasteiger partial charge in [0.05, 0.1) is 17.5 Å². The highest BCUT2D eigenvalue weighted by Gasteiger charge is 2.74. The Balaban J connectivity index is 1.56. The fourth-order valence-corrected chi connectivity index (χ4v) is 6.44. The number of carbonyl (C=O) groups is 3. The molecule has 0 radical (unpaired) electrons. The quantitative estimate of drug-likeness (QED) is 0.727. The molecular formula is C25H25N3O3. The Bertz CT molecular complexity index is 1190. The van der Waals surface area contributed by atoms with Gasteiger partial charge in [-0.15, -0.1) is 0 Å². The number of benzene rings is 2. The largest absolute Gasteiger partial charge is 0.324 e. The third-order valence-electron chi connectivity index (χ3n) is 7.90. The molecule has 1 spiro atoms. The summed E-state index contributed by atoms with van der Waals surface area (Å²) in [4.78, 5) is 44.8. The van der Waals surface area contributed by atoms with E-state index in [2.05, 4.69) is 10.2 Å². The van der Waals surface area contributed by atoms with Gasteiger partial charge >= 0.3 is 0 Å². The summed E-state index contributed by atoms with van der Waals surface area (Å²) in [5.74, 6) is -1.78. The van der Waals surface area contributed by atoms with Crippen molar-refractivity contribution < 1.29 is 14.4 Å². The lowest BCUT2D eigenvalue weighted by atomic mass is 9.75. The molecule has 2 aromatic carbocycles. The predicted octanol–water partition coefficient (Wildman–Crippen LogP) is 3.04. The SMILES string of the molecule is Cc1ccc2c(c1)[C@]1(C(=O)N2)[C@@H]2C(=O)N(c3ccc(C)c(C)c3)C(=O)[C@@H]2[C@@H]2CCCN21. The van der Waals surface area contributed by atoms with Gasteiger partial charge in [-0.05, 0) is 69.5 Å². The van der Waals surface area contributed by atoms with Crippen molar-refractivity contribution in [2.45, 2.75) is 45.2 Å². The van der Waals surface area contributed by atoms with Crippen molar-refractivity contribution in [3.8, 4) is 0 Å². The summed E-state index contributed by atoms with van der Waals surface area (Å²) in [5, 5.41) is 3.03. The van der Waals surface area contributed by atoms with E-state index in [-0.39, 0.29) is 23.8 Å². The van der Waals surface area contributed by atoms with Crippen LogP contribution >= 0.6 is 0 Å². The van der Waals surface area contributed by atoms with Gasteiger partial charge in [0, 0.05) is 17.3 Å². The van der Waals surface area contributed by atoms with Gasteiger partial charge in [0.2, 0.25) is 17.7 Å². The number of rotatable bonds is 1. The third-order valence-corrected chi connectivity index (χ3v) is 7.90. The first kappa shape index (κ1) is 18.8. The minimum atomic E-state index is -1.10. The van der Waals surface area contributed by atoms with Gasteiger partial charge in [-0.3, -0.25) is 19.3 Å². The molecule has 2 aromatic rings. The summed E-state index contributed by atoms with van der Waals surface area (Å²) in [6.07, 6.45) is 1.76. The Morgan fingerprint density at radius 2 is 1.77 bits per heavy atom. The number of anilines is 2. The maximum Gasteiger partial charge on any atom is 0.250 e. The van der Waals surface area contributed by atoms with Crippen LogP contribution < -0.4 is 10.2 Å². The molecule has 6 heteroatoms. The van der Waals surface area contributed by atoms with Crippen molar-refractivity contribution in [1.82, 2.24) is 4.90 Å². The van der Waals surface area contributed by atoms with Gasteiger partial charge in [-0.2, -0.15) is 0 Å². The van der Waals surface area contributed by atoms with E-state index in [1.54, 1.807) is 0 Å². The summed E-state index contributed by atoms with van der Waals surface area (Å²) < 4.78 is 0. The van der Waals surface area contributed by atoms with Crippen LogP contribution in [0.3, 0.4) is 0 Å². The fraction of sp³-hybridized carbons (Fsp3) is 0.400. The van der Waals surface area contributed by atoms with E-state index in [1.807, 2.05) is 57.2 Å². The normalized spacial score (nSPS) is 31.4. The molecule has 4 aliphatic heterocycles. The first-order chi connectivity index (χ1) is 14.9. The summed E-state index contributed by atoms with van der Waals surface area (Å²) in [6.45, 7) is 6.71. The second-order valence-corrected chi connectivity index (χ2v) is 9.46. The Morgan fingerprint density at radius 3 is 2.55 bits per heavy atom. The third kappa shape index (κ3) is 2.13. The molecule has 4 aliphatic rings. The van der Waals surface area contributed by atoms with E-state index in [0.29, 0.717) is 5.69 Å². The highest BCUT2D eigenvalue weighted by atomic mass is 16.2. The maximum absolute atomic E-state index is 13.9. The Kier molecular flexibility index (Phi) is 3.65. The van der Waals surface area contributed by atoms with Crippen LogP contribution in [0.1, 0.15) is 35.1 Å². The molecule has 0 bridgehead atoms. The standard InChI is InChI=1S/C25H25N3O3/c1-13-6-9-18-17(11-13)25(24(31)26-18)21-20(19-5-4-10-27(19)25)22(29)28(23(21)30)16-8-7-14(2)15(3)12-16/h6-9,11-12,19-21H,4-5,10H2,1-3H3,(H,26,31)/t19-,20+,21-,25+/m0/s1. The molecule has 0 aromatic heterocycles. The van der Waals surface area contributed by atoms with Crippen LogP contribution in [0.15, 0.2) is 36.4 Å². The van der Waals surface area contributed by atoms with Gasteiger partial charge in [0.25, 0.3) is 0 Å². The molecule has 6 rings (SSSR count). The maximum atomic E-state index is 13.9. The Labute approximate surface area is 181 Å². The lowest BCUT2D eigenvalue weighted by molar-refractivity contribution is -0.135. The average Bonchev–Trinajstić information content (AvgIpc) is 3.43. The lowest BCUT2D eigenvalue weighted by Crippen LogP contribution is -2.54. The average molecular weight is 415 g/mol. The van der Waals surface area contributed by atoms with Crippen LogP contribution in [-0.4, -0.2) is 35.2 Å². The van der Waals surface area contributed by atoms with E-state index < -0.39 is 17.4 Å². The molecule has 31 heavy (non-hydrogen) atoms. The number of aryl methyl sites for hydroxylation is 3. The molecule has 4 atom stereocenters. The minimum Gasteiger partial charge on any atom is -0.324 e. The second kappa shape index (κ2) is 6.04. The van der Waals surface area contributed by atoms with Crippen LogP contribution in [-0.2, 0) is 19.9 Å². The summed E-state index contributed by atoms with van der Waals surface area (Å²) in [5.41, 5.74) is 4.29. The molecule has 158 valence electrons. The van der Waals surface area contributed by atoms with Gasteiger partial charge < -0.3 is 5.32 Å². The van der Waals surface area contributed by atoms with Crippen molar-refractivity contribution in [2.24, 2.45) is 11.8 Å². The number of amides is 3. The molecule has 1 N–H and O–H groups in total. The molecule has 0 aliphatic carbocycles. The summed E-state index contributed by atoms with van der Waals surface area (Å²) in [7, 11) is 0. The van der Waals surface area contributed by atoms with Crippen molar-refractivity contribution in [2.75, 3.05) is 16.8 Å². The topological polar surface area (TPSA) is 69.7 Å². The smallest absolute Gasteiger partial charge is 0.250 e. The summed E-state index contributed by atoms with van der Waals surface area (Å²) in [6, 6.07) is 11.5. The van der Waals surface area contributed by atoms with Crippen LogP contribution in [0.5, 0.6) is 0 Å². The molecule has 6 nitrogen and oxygen atoms in total. The van der Waals surface area contributed by atoms with Crippen molar-refractivity contribution in [1.29, 1.82) is 0 Å². The number of nitrogens with one attached hydrogen (secondary N) is 1. The fourth-order valence-electron chi connectivity index (χ4n) is 6.44. The van der Waals surface area contributed by atoms with E-state index in [1.165, 1.54) is 4.90 Å². The van der Waals surface area contributed by atoms with Crippen LogP contribution in [0.4, 0.5) is 11.4 Å². The monoisotopic (exact) mass is 415 g/mol. The zero-order valence-electron chi connectivity index (χ0n) is 17.9. The van der Waals surface area contributed by atoms with Gasteiger partial charge in [-0.25, -0.2) is 4.90 Å². The second-order valence-electron chi connectivity index (χ2n) is 9.46. The first-order valence-electron chi connectivity index (χ1n) is 11.0. The number of imide groups is 1. The van der Waals surface area contributed by atoms with E-state index in [0.717, 1.165) is 47.3 Å². The number of carbonyl (C=O) groups excluding carboxylic acids is 3. The lowest BCUT2D eigenvalue weighted by Gasteiger charge is -2.36. The molecule has 3 amide bonds. The highest BCUT2D eigenvalue weighted by Crippen LogP contribution is 2.60. The van der Waals surface area contributed by atoms with E-state index in [4.69, 9.17) is 0 Å². The number of nitrogens with zero attached hydrogens (tertiary/aromatic N) is 2. The van der Waals surface area contributed by atoms with Crippen LogP contribution in [0.25, 0.3) is 0 Å². The van der Waals surface area contributed by atoms with Gasteiger partial charge in [0.15, 0.2) is 0 Å². The molecule has 3 fully saturated rings. The van der Waals surface area contributed by atoms with Crippen molar-refractivity contribution >= 4 is 29.1 Å². The molecule has 0 saturated carbocycles. The molecule has 0 unspecified atom stereocenters. The zero-order chi connectivity index (χ0) is 21.7. The molecule has 4 heterocycles. The molecule has 3 saturated heterocycles. The van der Waals surface area contributed by atoms with Crippen molar-refractivity contribution in [3.63, 3.8) is 0 Å².